The number of hydrogen-bond acceptors (Lipinski definition) is 3. The number of methoxy groups -OCH3 is 1. The molecule has 2 N–H and O–H groups in total. The SMILES string of the molecule is COc1cc([C@@H]2CCCC[C@@H]2N)ccc1OC1CCCC1. The zero-order chi connectivity index (χ0) is 14.7. The molecule has 2 aliphatic rings. The zero-order valence-electron chi connectivity index (χ0n) is 13.0. The fourth-order valence-corrected chi connectivity index (χ4v) is 3.77. The average molecular weight is 289 g/mol. The van der Waals surface area contributed by atoms with E-state index in [4.69, 9.17) is 15.2 Å². The first-order valence-corrected chi connectivity index (χ1v) is 8.38. The van der Waals surface area contributed by atoms with E-state index in [0.29, 0.717) is 12.0 Å². The van der Waals surface area contributed by atoms with Crippen molar-refractivity contribution in [1.82, 2.24) is 0 Å². The molecule has 3 heteroatoms. The molecule has 2 atom stereocenters. The first-order chi connectivity index (χ1) is 10.3. The highest BCUT2D eigenvalue weighted by atomic mass is 16.5. The summed E-state index contributed by atoms with van der Waals surface area (Å²) in [6.07, 6.45) is 10.1. The molecule has 3 rings (SSSR count). The Morgan fingerprint density at radius 2 is 1.67 bits per heavy atom. The largest absolute Gasteiger partial charge is 0.493 e. The van der Waals surface area contributed by atoms with E-state index in [2.05, 4.69) is 18.2 Å². The van der Waals surface area contributed by atoms with Gasteiger partial charge in [-0.15, -0.1) is 0 Å². The summed E-state index contributed by atoms with van der Waals surface area (Å²) in [7, 11) is 1.72. The average Bonchev–Trinajstić information content (AvgIpc) is 3.01. The highest BCUT2D eigenvalue weighted by molar-refractivity contribution is 5.44. The summed E-state index contributed by atoms with van der Waals surface area (Å²) in [5.41, 5.74) is 7.60. The molecular formula is C18H27NO2. The Bertz CT molecular complexity index is 468. The number of nitrogens with two attached hydrogens (primary N) is 1. The Morgan fingerprint density at radius 1 is 0.952 bits per heavy atom. The molecule has 0 heterocycles. The van der Waals surface area contributed by atoms with Gasteiger partial charge in [-0.25, -0.2) is 0 Å². The van der Waals surface area contributed by atoms with Crippen LogP contribution in [0.4, 0.5) is 0 Å². The van der Waals surface area contributed by atoms with Gasteiger partial charge in [0, 0.05) is 6.04 Å². The third-order valence-electron chi connectivity index (χ3n) is 5.03. The van der Waals surface area contributed by atoms with Crippen LogP contribution in [0.1, 0.15) is 62.8 Å². The molecule has 0 saturated heterocycles. The van der Waals surface area contributed by atoms with Crippen molar-refractivity contribution in [3.05, 3.63) is 23.8 Å². The first kappa shape index (κ1) is 14.7. The van der Waals surface area contributed by atoms with Gasteiger partial charge in [0.1, 0.15) is 0 Å². The quantitative estimate of drug-likeness (QED) is 0.911. The molecule has 0 aliphatic heterocycles. The molecular weight excluding hydrogens is 262 g/mol. The van der Waals surface area contributed by atoms with Gasteiger partial charge in [-0.2, -0.15) is 0 Å². The molecule has 0 radical (unpaired) electrons. The van der Waals surface area contributed by atoms with Crippen molar-refractivity contribution in [3.8, 4) is 11.5 Å². The molecule has 2 saturated carbocycles. The monoisotopic (exact) mass is 289 g/mol. The second-order valence-corrected chi connectivity index (χ2v) is 6.49. The van der Waals surface area contributed by atoms with Crippen LogP contribution < -0.4 is 15.2 Å². The summed E-state index contributed by atoms with van der Waals surface area (Å²) in [6.45, 7) is 0. The Kier molecular flexibility index (Phi) is 4.69. The number of ether oxygens (including phenoxy) is 2. The summed E-state index contributed by atoms with van der Waals surface area (Å²) >= 11 is 0. The lowest BCUT2D eigenvalue weighted by atomic mass is 9.80. The fraction of sp³-hybridized carbons (Fsp3) is 0.667. The van der Waals surface area contributed by atoms with E-state index in [1.807, 2.05) is 0 Å². The van der Waals surface area contributed by atoms with E-state index in [1.165, 1.54) is 50.5 Å². The predicted molar refractivity (Wildman–Crippen MR) is 85.1 cm³/mol. The standard InChI is InChI=1S/C18H27NO2/c1-20-18-12-13(15-8-4-5-9-16(15)19)10-11-17(18)21-14-6-2-3-7-14/h10-12,14-16H,2-9,19H2,1H3/t15-,16-/m0/s1. The van der Waals surface area contributed by atoms with Crippen molar-refractivity contribution in [2.24, 2.45) is 5.73 Å². The molecule has 0 spiro atoms. The lowest BCUT2D eigenvalue weighted by Crippen LogP contribution is -2.31. The van der Waals surface area contributed by atoms with Crippen molar-refractivity contribution in [1.29, 1.82) is 0 Å². The van der Waals surface area contributed by atoms with E-state index >= 15 is 0 Å². The van der Waals surface area contributed by atoms with Crippen LogP contribution in [0, 0.1) is 0 Å². The minimum absolute atomic E-state index is 0.282. The second-order valence-electron chi connectivity index (χ2n) is 6.49. The third-order valence-corrected chi connectivity index (χ3v) is 5.03. The maximum absolute atomic E-state index is 6.30. The van der Waals surface area contributed by atoms with Gasteiger partial charge in [-0.1, -0.05) is 18.9 Å². The molecule has 1 aromatic rings. The van der Waals surface area contributed by atoms with Crippen LogP contribution in [0.2, 0.25) is 0 Å². The lowest BCUT2D eigenvalue weighted by Gasteiger charge is -2.29. The maximum Gasteiger partial charge on any atom is 0.161 e. The highest BCUT2D eigenvalue weighted by Crippen LogP contribution is 2.38. The summed E-state index contributed by atoms with van der Waals surface area (Å²) < 4.78 is 11.7. The molecule has 21 heavy (non-hydrogen) atoms. The van der Waals surface area contributed by atoms with Crippen molar-refractivity contribution < 1.29 is 9.47 Å². The first-order valence-electron chi connectivity index (χ1n) is 8.38. The minimum Gasteiger partial charge on any atom is -0.493 e. The van der Waals surface area contributed by atoms with E-state index in [-0.39, 0.29) is 6.04 Å². The Hall–Kier alpha value is -1.22. The van der Waals surface area contributed by atoms with Crippen LogP contribution in [0.25, 0.3) is 0 Å². The maximum atomic E-state index is 6.30. The normalized spacial score (nSPS) is 26.8. The number of rotatable bonds is 4. The molecule has 3 nitrogen and oxygen atoms in total. The summed E-state index contributed by atoms with van der Waals surface area (Å²) in [5.74, 6) is 2.21. The summed E-state index contributed by atoms with van der Waals surface area (Å²) in [6, 6.07) is 6.68. The lowest BCUT2D eigenvalue weighted by molar-refractivity contribution is 0.200. The van der Waals surface area contributed by atoms with Gasteiger partial charge in [0.25, 0.3) is 0 Å². The third kappa shape index (κ3) is 3.34. The van der Waals surface area contributed by atoms with Crippen LogP contribution in [-0.2, 0) is 0 Å². The van der Waals surface area contributed by atoms with Gasteiger partial charge in [0.15, 0.2) is 11.5 Å². The predicted octanol–water partition coefficient (Wildman–Crippen LogP) is 4.00. The van der Waals surface area contributed by atoms with Crippen molar-refractivity contribution in [2.45, 2.75) is 69.4 Å². The summed E-state index contributed by atoms with van der Waals surface area (Å²) in [4.78, 5) is 0. The molecule has 0 unspecified atom stereocenters. The fourth-order valence-electron chi connectivity index (χ4n) is 3.77. The Balaban J connectivity index is 1.77. The van der Waals surface area contributed by atoms with Crippen molar-refractivity contribution in [2.75, 3.05) is 7.11 Å². The van der Waals surface area contributed by atoms with Gasteiger partial charge in [0.2, 0.25) is 0 Å². The van der Waals surface area contributed by atoms with Gasteiger partial charge in [-0.3, -0.25) is 0 Å². The van der Waals surface area contributed by atoms with E-state index < -0.39 is 0 Å². The number of benzene rings is 1. The van der Waals surface area contributed by atoms with Gasteiger partial charge < -0.3 is 15.2 Å². The summed E-state index contributed by atoms with van der Waals surface area (Å²) in [5, 5.41) is 0. The van der Waals surface area contributed by atoms with Crippen LogP contribution >= 0.6 is 0 Å². The molecule has 116 valence electrons. The van der Waals surface area contributed by atoms with Gasteiger partial charge in [0.05, 0.1) is 13.2 Å². The van der Waals surface area contributed by atoms with E-state index in [1.54, 1.807) is 7.11 Å². The van der Waals surface area contributed by atoms with Crippen LogP contribution in [-0.4, -0.2) is 19.3 Å². The van der Waals surface area contributed by atoms with E-state index in [9.17, 15) is 0 Å². The Labute approximate surface area is 127 Å². The van der Waals surface area contributed by atoms with E-state index in [0.717, 1.165) is 17.9 Å². The van der Waals surface area contributed by atoms with Crippen LogP contribution in [0.3, 0.4) is 0 Å². The molecule has 0 aromatic heterocycles. The smallest absolute Gasteiger partial charge is 0.161 e. The van der Waals surface area contributed by atoms with Crippen molar-refractivity contribution in [3.63, 3.8) is 0 Å². The molecule has 2 aliphatic carbocycles. The topological polar surface area (TPSA) is 44.5 Å². The molecule has 1 aromatic carbocycles. The molecule has 0 bridgehead atoms. The number of hydrogen-bond donors (Lipinski definition) is 1. The second kappa shape index (κ2) is 6.69. The van der Waals surface area contributed by atoms with Crippen LogP contribution in [0.5, 0.6) is 11.5 Å². The molecule has 2 fully saturated rings. The van der Waals surface area contributed by atoms with Crippen LogP contribution in [0.15, 0.2) is 18.2 Å². The highest BCUT2D eigenvalue weighted by Gasteiger charge is 2.25. The Morgan fingerprint density at radius 3 is 2.38 bits per heavy atom. The van der Waals surface area contributed by atoms with Gasteiger partial charge in [-0.05, 0) is 62.1 Å². The van der Waals surface area contributed by atoms with Gasteiger partial charge >= 0.3 is 0 Å². The zero-order valence-corrected chi connectivity index (χ0v) is 13.0. The van der Waals surface area contributed by atoms with Crippen molar-refractivity contribution >= 4 is 0 Å². The minimum atomic E-state index is 0.282. The molecule has 0 amide bonds.